The standard InChI is InChI=1S/C16H20/c1-2-3-5-13-10-11-14-9-8-12-6-4-7-15(12)16(13)14/h8-10H,2-7,11H2,1H3. The summed E-state index contributed by atoms with van der Waals surface area (Å²) in [5.41, 5.74) is 8.21. The molecule has 0 heteroatoms. The van der Waals surface area contributed by atoms with Crippen LogP contribution < -0.4 is 0 Å². The van der Waals surface area contributed by atoms with Gasteiger partial charge in [0.2, 0.25) is 0 Å². The van der Waals surface area contributed by atoms with Gasteiger partial charge in [-0.2, -0.15) is 0 Å². The Bertz CT molecular complexity index is 438. The Balaban J connectivity index is 1.98. The Morgan fingerprint density at radius 1 is 1.12 bits per heavy atom. The van der Waals surface area contributed by atoms with Crippen LogP contribution in [0.4, 0.5) is 0 Å². The first kappa shape index (κ1) is 10.1. The third-order valence-corrected chi connectivity index (χ3v) is 4.06. The molecule has 0 saturated heterocycles. The monoisotopic (exact) mass is 212 g/mol. The summed E-state index contributed by atoms with van der Waals surface area (Å²) >= 11 is 0. The first-order chi connectivity index (χ1) is 7.90. The molecule has 0 radical (unpaired) electrons. The molecule has 2 aliphatic carbocycles. The fraction of sp³-hybridized carbons (Fsp3) is 0.500. The largest absolute Gasteiger partial charge is 0.0763 e. The molecule has 0 fully saturated rings. The van der Waals surface area contributed by atoms with Crippen LogP contribution in [-0.4, -0.2) is 0 Å². The van der Waals surface area contributed by atoms with Crippen molar-refractivity contribution >= 4 is 5.57 Å². The molecule has 2 aliphatic rings. The lowest BCUT2D eigenvalue weighted by atomic mass is 9.93. The molecule has 0 saturated carbocycles. The topological polar surface area (TPSA) is 0 Å². The Morgan fingerprint density at radius 3 is 2.88 bits per heavy atom. The Labute approximate surface area is 98.4 Å². The van der Waals surface area contributed by atoms with E-state index in [2.05, 4.69) is 25.1 Å². The molecule has 0 unspecified atom stereocenters. The summed E-state index contributed by atoms with van der Waals surface area (Å²) in [6, 6.07) is 4.74. The summed E-state index contributed by atoms with van der Waals surface area (Å²) in [5.74, 6) is 0. The van der Waals surface area contributed by atoms with Gasteiger partial charge in [0.1, 0.15) is 0 Å². The summed E-state index contributed by atoms with van der Waals surface area (Å²) in [5, 5.41) is 0. The normalized spacial score (nSPS) is 17.2. The number of aryl methyl sites for hydroxylation is 1. The van der Waals surface area contributed by atoms with Crippen molar-refractivity contribution in [1.29, 1.82) is 0 Å². The van der Waals surface area contributed by atoms with Crippen molar-refractivity contribution in [1.82, 2.24) is 0 Å². The van der Waals surface area contributed by atoms with E-state index >= 15 is 0 Å². The van der Waals surface area contributed by atoms with Crippen molar-refractivity contribution in [2.24, 2.45) is 0 Å². The molecule has 0 heterocycles. The van der Waals surface area contributed by atoms with Gasteiger partial charge in [-0.05, 0) is 66.4 Å². The molecule has 0 amide bonds. The van der Waals surface area contributed by atoms with Crippen LogP contribution in [0.3, 0.4) is 0 Å². The van der Waals surface area contributed by atoms with Crippen molar-refractivity contribution in [2.45, 2.75) is 51.9 Å². The van der Waals surface area contributed by atoms with Gasteiger partial charge in [-0.3, -0.25) is 0 Å². The third kappa shape index (κ3) is 1.52. The molecule has 0 spiro atoms. The zero-order chi connectivity index (χ0) is 11.0. The van der Waals surface area contributed by atoms with Gasteiger partial charge in [-0.1, -0.05) is 31.6 Å². The molecule has 0 aromatic heterocycles. The van der Waals surface area contributed by atoms with Gasteiger partial charge in [0.25, 0.3) is 0 Å². The highest BCUT2D eigenvalue weighted by molar-refractivity contribution is 5.76. The van der Waals surface area contributed by atoms with Crippen LogP contribution in [-0.2, 0) is 19.3 Å². The average molecular weight is 212 g/mol. The van der Waals surface area contributed by atoms with Gasteiger partial charge in [0, 0.05) is 0 Å². The number of allylic oxidation sites excluding steroid dienone is 2. The third-order valence-electron chi connectivity index (χ3n) is 4.06. The van der Waals surface area contributed by atoms with Gasteiger partial charge >= 0.3 is 0 Å². The zero-order valence-electron chi connectivity index (χ0n) is 10.2. The minimum Gasteiger partial charge on any atom is -0.0763 e. The second-order valence-electron chi connectivity index (χ2n) is 5.13. The highest BCUT2D eigenvalue weighted by atomic mass is 14.3. The van der Waals surface area contributed by atoms with E-state index in [1.807, 2.05) is 0 Å². The fourth-order valence-electron chi connectivity index (χ4n) is 3.21. The number of hydrogen-bond acceptors (Lipinski definition) is 0. The SMILES string of the molecule is CCCCC1=CCc2ccc3c(c21)CCC3. The molecular weight excluding hydrogens is 192 g/mol. The van der Waals surface area contributed by atoms with Crippen LogP contribution in [0, 0.1) is 0 Å². The summed E-state index contributed by atoms with van der Waals surface area (Å²) in [7, 11) is 0. The first-order valence-electron chi connectivity index (χ1n) is 6.73. The molecule has 3 rings (SSSR count). The van der Waals surface area contributed by atoms with E-state index in [-0.39, 0.29) is 0 Å². The van der Waals surface area contributed by atoms with Crippen LogP contribution in [0.1, 0.15) is 54.9 Å². The molecule has 0 N–H and O–H groups in total. The van der Waals surface area contributed by atoms with Gasteiger partial charge in [-0.15, -0.1) is 0 Å². The number of fused-ring (bicyclic) bond motifs is 3. The van der Waals surface area contributed by atoms with E-state index in [9.17, 15) is 0 Å². The van der Waals surface area contributed by atoms with Gasteiger partial charge in [0.05, 0.1) is 0 Å². The van der Waals surface area contributed by atoms with E-state index in [1.54, 1.807) is 27.8 Å². The number of benzene rings is 1. The second kappa shape index (κ2) is 4.08. The van der Waals surface area contributed by atoms with E-state index in [0.717, 1.165) is 0 Å². The minimum atomic E-state index is 1.18. The maximum absolute atomic E-state index is 2.47. The molecule has 0 nitrogen and oxygen atoms in total. The quantitative estimate of drug-likeness (QED) is 0.700. The fourth-order valence-corrected chi connectivity index (χ4v) is 3.21. The van der Waals surface area contributed by atoms with Crippen molar-refractivity contribution < 1.29 is 0 Å². The number of hydrogen-bond donors (Lipinski definition) is 0. The molecule has 84 valence electrons. The number of unbranched alkanes of at least 4 members (excludes halogenated alkanes) is 1. The van der Waals surface area contributed by atoms with Gasteiger partial charge in [-0.25, -0.2) is 0 Å². The van der Waals surface area contributed by atoms with Gasteiger partial charge < -0.3 is 0 Å². The lowest BCUT2D eigenvalue weighted by Gasteiger charge is -2.11. The highest BCUT2D eigenvalue weighted by Gasteiger charge is 2.22. The summed E-state index contributed by atoms with van der Waals surface area (Å²) < 4.78 is 0. The number of rotatable bonds is 3. The minimum absolute atomic E-state index is 1.18. The summed E-state index contributed by atoms with van der Waals surface area (Å²) in [6.07, 6.45) is 11.6. The Hall–Kier alpha value is -1.04. The van der Waals surface area contributed by atoms with E-state index in [4.69, 9.17) is 0 Å². The lowest BCUT2D eigenvalue weighted by Crippen LogP contribution is -1.94. The van der Waals surface area contributed by atoms with E-state index < -0.39 is 0 Å². The van der Waals surface area contributed by atoms with Crippen LogP contribution in [0.15, 0.2) is 18.2 Å². The van der Waals surface area contributed by atoms with Gasteiger partial charge in [0.15, 0.2) is 0 Å². The predicted octanol–water partition coefficient (Wildman–Crippen LogP) is 4.31. The van der Waals surface area contributed by atoms with E-state index in [1.165, 1.54) is 44.9 Å². The zero-order valence-corrected chi connectivity index (χ0v) is 10.2. The molecular formula is C16H20. The average Bonchev–Trinajstić information content (AvgIpc) is 2.91. The molecule has 0 atom stereocenters. The van der Waals surface area contributed by atoms with E-state index in [0.29, 0.717) is 0 Å². The highest BCUT2D eigenvalue weighted by Crippen LogP contribution is 2.38. The maximum atomic E-state index is 2.47. The van der Waals surface area contributed by atoms with Crippen molar-refractivity contribution in [3.63, 3.8) is 0 Å². The Morgan fingerprint density at radius 2 is 2.00 bits per heavy atom. The molecule has 16 heavy (non-hydrogen) atoms. The summed E-state index contributed by atoms with van der Waals surface area (Å²) in [6.45, 7) is 2.28. The smallest absolute Gasteiger partial charge is 0.00853 e. The van der Waals surface area contributed by atoms with Crippen LogP contribution in [0.25, 0.3) is 5.57 Å². The van der Waals surface area contributed by atoms with Crippen molar-refractivity contribution in [2.75, 3.05) is 0 Å². The maximum Gasteiger partial charge on any atom is -0.00853 e. The predicted molar refractivity (Wildman–Crippen MR) is 69.7 cm³/mol. The molecule has 0 bridgehead atoms. The van der Waals surface area contributed by atoms with Crippen LogP contribution >= 0.6 is 0 Å². The molecule has 1 aromatic rings. The Kier molecular flexibility index (Phi) is 2.59. The van der Waals surface area contributed by atoms with Crippen LogP contribution in [0.2, 0.25) is 0 Å². The molecule has 1 aromatic carbocycles. The molecule has 0 aliphatic heterocycles. The van der Waals surface area contributed by atoms with Crippen LogP contribution in [0.5, 0.6) is 0 Å². The second-order valence-corrected chi connectivity index (χ2v) is 5.13. The first-order valence-corrected chi connectivity index (χ1v) is 6.73. The van der Waals surface area contributed by atoms with Crippen molar-refractivity contribution in [3.05, 3.63) is 40.5 Å². The lowest BCUT2D eigenvalue weighted by molar-refractivity contribution is 0.824. The van der Waals surface area contributed by atoms with Crippen molar-refractivity contribution in [3.8, 4) is 0 Å². The summed E-state index contributed by atoms with van der Waals surface area (Å²) in [4.78, 5) is 0.